The summed E-state index contributed by atoms with van der Waals surface area (Å²) in [7, 11) is 0. The van der Waals surface area contributed by atoms with Gasteiger partial charge in [-0.1, -0.05) is 0 Å². The van der Waals surface area contributed by atoms with E-state index in [0.717, 1.165) is 50.7 Å². The van der Waals surface area contributed by atoms with Crippen molar-refractivity contribution in [2.24, 2.45) is 4.99 Å². The fourth-order valence-corrected chi connectivity index (χ4v) is 2.11. The van der Waals surface area contributed by atoms with Gasteiger partial charge in [0.15, 0.2) is 5.96 Å². The Morgan fingerprint density at radius 3 is 2.91 bits per heavy atom. The maximum Gasteiger partial charge on any atom is 0.191 e. The van der Waals surface area contributed by atoms with E-state index in [2.05, 4.69) is 33.8 Å². The summed E-state index contributed by atoms with van der Waals surface area (Å²) in [6.07, 6.45) is 7.45. The highest BCUT2D eigenvalue weighted by molar-refractivity contribution is 14.0. The SMILES string of the molecule is CCNC(=NCCCn1cc(C)cn1)NCCc1ccco1.I. The molecule has 0 aliphatic carbocycles. The van der Waals surface area contributed by atoms with Gasteiger partial charge < -0.3 is 15.1 Å². The molecule has 0 atom stereocenters. The molecule has 2 aromatic heterocycles. The molecule has 0 aliphatic heterocycles. The van der Waals surface area contributed by atoms with Crippen LogP contribution in [0.1, 0.15) is 24.7 Å². The third-order valence-electron chi connectivity index (χ3n) is 3.17. The number of aromatic nitrogens is 2. The minimum atomic E-state index is 0. The number of guanidine groups is 1. The van der Waals surface area contributed by atoms with Gasteiger partial charge in [-0.15, -0.1) is 24.0 Å². The molecule has 0 unspecified atom stereocenters. The molecule has 6 nitrogen and oxygen atoms in total. The van der Waals surface area contributed by atoms with Crippen molar-refractivity contribution in [2.75, 3.05) is 19.6 Å². The first-order valence-electron chi connectivity index (χ1n) is 7.81. The van der Waals surface area contributed by atoms with Gasteiger partial charge in [-0.2, -0.15) is 5.10 Å². The number of aliphatic imine (C=N–C) groups is 1. The second-order valence-corrected chi connectivity index (χ2v) is 5.15. The van der Waals surface area contributed by atoms with Crippen LogP contribution in [0.3, 0.4) is 0 Å². The van der Waals surface area contributed by atoms with Crippen LogP contribution in [0, 0.1) is 6.92 Å². The molecule has 0 saturated carbocycles. The molecule has 2 N–H and O–H groups in total. The van der Waals surface area contributed by atoms with Crippen LogP contribution >= 0.6 is 24.0 Å². The summed E-state index contributed by atoms with van der Waals surface area (Å²) in [6.45, 7) is 7.44. The first kappa shape index (κ1) is 19.5. The van der Waals surface area contributed by atoms with E-state index in [-0.39, 0.29) is 24.0 Å². The molecule has 7 heteroatoms. The number of halogens is 1. The van der Waals surface area contributed by atoms with Crippen LogP contribution in [0.2, 0.25) is 0 Å². The Morgan fingerprint density at radius 1 is 1.39 bits per heavy atom. The van der Waals surface area contributed by atoms with Gasteiger partial charge in [-0.25, -0.2) is 0 Å². The minimum absolute atomic E-state index is 0. The van der Waals surface area contributed by atoms with Crippen LogP contribution in [0.15, 0.2) is 40.2 Å². The molecule has 0 saturated heterocycles. The van der Waals surface area contributed by atoms with Gasteiger partial charge in [0.05, 0.1) is 12.5 Å². The van der Waals surface area contributed by atoms with E-state index in [0.29, 0.717) is 0 Å². The van der Waals surface area contributed by atoms with E-state index < -0.39 is 0 Å². The molecular weight excluding hydrogens is 405 g/mol. The average Bonchev–Trinajstić information content (AvgIpc) is 3.15. The van der Waals surface area contributed by atoms with E-state index in [9.17, 15) is 0 Å². The van der Waals surface area contributed by atoms with Gasteiger partial charge in [0.1, 0.15) is 5.76 Å². The van der Waals surface area contributed by atoms with E-state index in [1.165, 1.54) is 5.56 Å². The van der Waals surface area contributed by atoms with Crippen molar-refractivity contribution < 1.29 is 4.42 Å². The molecule has 0 amide bonds. The van der Waals surface area contributed by atoms with Crippen LogP contribution in [0.25, 0.3) is 0 Å². The Labute approximate surface area is 154 Å². The Hall–Kier alpha value is -1.51. The molecule has 2 aromatic rings. The molecule has 0 spiro atoms. The Kier molecular flexibility index (Phi) is 9.42. The van der Waals surface area contributed by atoms with E-state index in [1.807, 2.05) is 29.9 Å². The quantitative estimate of drug-likeness (QED) is 0.292. The van der Waals surface area contributed by atoms with Crippen molar-refractivity contribution in [1.29, 1.82) is 0 Å². The molecule has 2 heterocycles. The summed E-state index contributed by atoms with van der Waals surface area (Å²) in [5.74, 6) is 1.84. The van der Waals surface area contributed by atoms with Crippen molar-refractivity contribution in [3.63, 3.8) is 0 Å². The molecule has 0 aliphatic rings. The third-order valence-corrected chi connectivity index (χ3v) is 3.17. The lowest BCUT2D eigenvalue weighted by molar-refractivity contribution is 0.506. The van der Waals surface area contributed by atoms with E-state index >= 15 is 0 Å². The smallest absolute Gasteiger partial charge is 0.191 e. The van der Waals surface area contributed by atoms with Crippen molar-refractivity contribution in [3.8, 4) is 0 Å². The Bertz CT molecular complexity index is 565. The maximum atomic E-state index is 5.31. The molecule has 0 bridgehead atoms. The highest BCUT2D eigenvalue weighted by Gasteiger charge is 1.99. The summed E-state index contributed by atoms with van der Waals surface area (Å²) in [5.41, 5.74) is 1.19. The lowest BCUT2D eigenvalue weighted by Crippen LogP contribution is -2.38. The van der Waals surface area contributed by atoms with Gasteiger partial charge in [-0.05, 0) is 38.0 Å². The topological polar surface area (TPSA) is 67.4 Å². The Balaban J connectivity index is 0.00000264. The van der Waals surface area contributed by atoms with Crippen LogP contribution in [-0.4, -0.2) is 35.4 Å². The second kappa shape index (κ2) is 11.1. The fraction of sp³-hybridized carbons (Fsp3) is 0.500. The second-order valence-electron chi connectivity index (χ2n) is 5.15. The molecule has 0 aromatic carbocycles. The normalized spacial score (nSPS) is 11.1. The number of hydrogen-bond donors (Lipinski definition) is 2. The zero-order chi connectivity index (χ0) is 15.6. The molecule has 0 radical (unpaired) electrons. The van der Waals surface area contributed by atoms with Gasteiger partial charge >= 0.3 is 0 Å². The predicted molar refractivity (Wildman–Crippen MR) is 103 cm³/mol. The number of rotatable bonds is 8. The van der Waals surface area contributed by atoms with Gasteiger partial charge in [0, 0.05) is 38.8 Å². The van der Waals surface area contributed by atoms with E-state index in [4.69, 9.17) is 4.42 Å². The van der Waals surface area contributed by atoms with Gasteiger partial charge in [-0.3, -0.25) is 9.67 Å². The van der Waals surface area contributed by atoms with Crippen molar-refractivity contribution in [2.45, 2.75) is 33.2 Å². The molecule has 0 fully saturated rings. The zero-order valence-corrected chi connectivity index (χ0v) is 16.1. The maximum absolute atomic E-state index is 5.31. The van der Waals surface area contributed by atoms with Gasteiger partial charge in [0.2, 0.25) is 0 Å². The molecule has 2 rings (SSSR count). The fourth-order valence-electron chi connectivity index (χ4n) is 2.11. The summed E-state index contributed by atoms with van der Waals surface area (Å²) in [6, 6.07) is 3.89. The summed E-state index contributed by atoms with van der Waals surface area (Å²) in [5, 5.41) is 10.8. The average molecular weight is 431 g/mol. The summed E-state index contributed by atoms with van der Waals surface area (Å²) < 4.78 is 7.28. The third kappa shape index (κ3) is 7.54. The van der Waals surface area contributed by atoms with Crippen molar-refractivity contribution in [1.82, 2.24) is 20.4 Å². The number of nitrogens with zero attached hydrogens (tertiary/aromatic N) is 3. The highest BCUT2D eigenvalue weighted by Crippen LogP contribution is 1.99. The van der Waals surface area contributed by atoms with Gasteiger partial charge in [0.25, 0.3) is 0 Å². The first-order chi connectivity index (χ1) is 10.8. The standard InChI is InChI=1S/C16H25N5O.HI/c1-3-17-16(19-9-7-15-6-4-11-22-15)18-8-5-10-21-13-14(2)12-20-21;/h4,6,11-13H,3,5,7-10H2,1-2H3,(H2,17,18,19);1H. The van der Waals surface area contributed by atoms with Crippen LogP contribution in [0.4, 0.5) is 0 Å². The summed E-state index contributed by atoms with van der Waals surface area (Å²) >= 11 is 0. The van der Waals surface area contributed by atoms with Crippen molar-refractivity contribution in [3.05, 3.63) is 42.1 Å². The monoisotopic (exact) mass is 431 g/mol. The van der Waals surface area contributed by atoms with Crippen LogP contribution < -0.4 is 10.6 Å². The Morgan fingerprint density at radius 2 is 2.26 bits per heavy atom. The zero-order valence-electron chi connectivity index (χ0n) is 13.8. The molecule has 23 heavy (non-hydrogen) atoms. The van der Waals surface area contributed by atoms with E-state index in [1.54, 1.807) is 6.26 Å². The summed E-state index contributed by atoms with van der Waals surface area (Å²) in [4.78, 5) is 4.58. The molecule has 128 valence electrons. The number of furan rings is 1. The lowest BCUT2D eigenvalue weighted by Gasteiger charge is -2.10. The predicted octanol–water partition coefficient (Wildman–Crippen LogP) is 2.59. The first-order valence-corrected chi connectivity index (χ1v) is 7.81. The highest BCUT2D eigenvalue weighted by atomic mass is 127. The number of hydrogen-bond acceptors (Lipinski definition) is 3. The van der Waals surface area contributed by atoms with Crippen LogP contribution in [-0.2, 0) is 13.0 Å². The molecular formula is C16H26IN5O. The van der Waals surface area contributed by atoms with Crippen molar-refractivity contribution >= 4 is 29.9 Å². The lowest BCUT2D eigenvalue weighted by atomic mass is 10.3. The largest absolute Gasteiger partial charge is 0.469 e. The number of nitrogens with one attached hydrogen (secondary N) is 2. The van der Waals surface area contributed by atoms with Crippen LogP contribution in [0.5, 0.6) is 0 Å². The number of aryl methyl sites for hydroxylation is 2. The minimum Gasteiger partial charge on any atom is -0.469 e.